The number of benzene rings is 1. The lowest BCUT2D eigenvalue weighted by Gasteiger charge is -2.42. The molecule has 1 saturated heterocycles. The third-order valence-electron chi connectivity index (χ3n) is 5.11. The smallest absolute Gasteiger partial charge is 0.193 e. The van der Waals surface area contributed by atoms with Crippen LogP contribution >= 0.6 is 0 Å². The number of aliphatic imine (C=N–C) groups is 1. The highest BCUT2D eigenvalue weighted by Crippen LogP contribution is 2.26. The Balaban J connectivity index is 1.95. The highest BCUT2D eigenvalue weighted by molar-refractivity contribution is 5.79. The molecular weight excluding hydrogens is 347 g/mol. The summed E-state index contributed by atoms with van der Waals surface area (Å²) in [4.78, 5) is 9.17. The van der Waals surface area contributed by atoms with Crippen LogP contribution in [0.4, 0.5) is 4.39 Å². The largest absolute Gasteiger partial charge is 0.489 e. The van der Waals surface area contributed by atoms with Crippen molar-refractivity contribution in [1.29, 1.82) is 0 Å². The molecule has 0 atom stereocenters. The van der Waals surface area contributed by atoms with E-state index in [1.54, 1.807) is 18.2 Å². The van der Waals surface area contributed by atoms with Crippen LogP contribution in [0.5, 0.6) is 5.75 Å². The molecule has 1 fully saturated rings. The van der Waals surface area contributed by atoms with E-state index in [1.165, 1.54) is 6.07 Å². The molecule has 0 spiro atoms. The second-order valence-corrected chi connectivity index (χ2v) is 7.10. The Kier molecular flexibility index (Phi) is 8.31. The lowest BCUT2D eigenvalue weighted by molar-refractivity contribution is -0.00263. The molecule has 2 rings (SSSR count). The maximum absolute atomic E-state index is 13.6. The molecule has 0 amide bonds. The normalized spacial score (nSPS) is 17.0. The Bertz CT molecular complexity index is 603. The molecule has 1 aromatic carbocycles. The second kappa shape index (κ2) is 10.5. The summed E-state index contributed by atoms with van der Waals surface area (Å²) in [6.07, 6.45) is 1.95. The van der Waals surface area contributed by atoms with E-state index >= 15 is 0 Å². The first-order valence-electron chi connectivity index (χ1n) is 9.60. The van der Waals surface area contributed by atoms with Gasteiger partial charge >= 0.3 is 0 Å². The van der Waals surface area contributed by atoms with Crippen molar-refractivity contribution >= 4 is 5.96 Å². The zero-order chi connectivity index (χ0) is 19.7. The van der Waals surface area contributed by atoms with Gasteiger partial charge in [-0.1, -0.05) is 12.1 Å². The Morgan fingerprint density at radius 2 is 1.96 bits per heavy atom. The molecular formula is C20H33FN4O2. The average molecular weight is 381 g/mol. The van der Waals surface area contributed by atoms with Gasteiger partial charge in [-0.05, 0) is 46.0 Å². The third-order valence-corrected chi connectivity index (χ3v) is 5.11. The van der Waals surface area contributed by atoms with E-state index in [1.807, 2.05) is 11.9 Å². The van der Waals surface area contributed by atoms with Crippen LogP contribution in [0.1, 0.15) is 19.8 Å². The van der Waals surface area contributed by atoms with E-state index in [4.69, 9.17) is 14.5 Å². The van der Waals surface area contributed by atoms with Crippen molar-refractivity contribution < 1.29 is 13.9 Å². The van der Waals surface area contributed by atoms with E-state index in [0.29, 0.717) is 19.7 Å². The van der Waals surface area contributed by atoms with Crippen LogP contribution in [-0.2, 0) is 4.74 Å². The Labute approximate surface area is 162 Å². The molecule has 1 aliphatic rings. The molecule has 0 aliphatic carbocycles. The number of halogens is 1. The van der Waals surface area contributed by atoms with E-state index in [2.05, 4.69) is 31.2 Å². The predicted octanol–water partition coefficient (Wildman–Crippen LogP) is 2.21. The summed E-state index contributed by atoms with van der Waals surface area (Å²) in [5.74, 6) is 0.775. The summed E-state index contributed by atoms with van der Waals surface area (Å²) in [5, 5.41) is 3.33. The first-order valence-corrected chi connectivity index (χ1v) is 9.60. The summed E-state index contributed by atoms with van der Waals surface area (Å²) in [7, 11) is 6.19. The van der Waals surface area contributed by atoms with Crippen molar-refractivity contribution in [3.63, 3.8) is 0 Å². The van der Waals surface area contributed by atoms with E-state index in [9.17, 15) is 4.39 Å². The van der Waals surface area contributed by atoms with Gasteiger partial charge in [0.15, 0.2) is 17.5 Å². The molecule has 1 aliphatic heterocycles. The van der Waals surface area contributed by atoms with Gasteiger partial charge < -0.3 is 24.6 Å². The van der Waals surface area contributed by atoms with Gasteiger partial charge in [0.05, 0.1) is 13.1 Å². The van der Waals surface area contributed by atoms with Crippen molar-refractivity contribution in [1.82, 2.24) is 15.1 Å². The van der Waals surface area contributed by atoms with E-state index in [-0.39, 0.29) is 17.1 Å². The van der Waals surface area contributed by atoms with Gasteiger partial charge in [-0.3, -0.25) is 4.99 Å². The highest BCUT2D eigenvalue weighted by atomic mass is 19.1. The number of nitrogens with one attached hydrogen (secondary N) is 1. The molecule has 27 heavy (non-hydrogen) atoms. The molecule has 0 saturated carbocycles. The van der Waals surface area contributed by atoms with Gasteiger partial charge in [0.25, 0.3) is 0 Å². The fourth-order valence-electron chi connectivity index (χ4n) is 3.15. The number of hydrogen-bond acceptors (Lipinski definition) is 4. The number of nitrogens with zero attached hydrogens (tertiary/aromatic N) is 3. The van der Waals surface area contributed by atoms with Crippen LogP contribution < -0.4 is 10.1 Å². The second-order valence-electron chi connectivity index (χ2n) is 7.10. The van der Waals surface area contributed by atoms with Crippen molar-refractivity contribution in [3.8, 4) is 5.75 Å². The standard InChI is InChI=1S/C20H33FN4O2/c1-5-22-19(23-16-20(24(2)3)10-13-26-14-11-20)25(4)12-15-27-18-9-7-6-8-17(18)21/h6-9H,5,10-16H2,1-4H3,(H,22,23). The van der Waals surface area contributed by atoms with Crippen LogP contribution in [0.25, 0.3) is 0 Å². The number of guanidine groups is 1. The maximum Gasteiger partial charge on any atom is 0.193 e. The van der Waals surface area contributed by atoms with Crippen molar-refractivity contribution in [2.24, 2.45) is 4.99 Å². The van der Waals surface area contributed by atoms with Gasteiger partial charge in [-0.2, -0.15) is 0 Å². The van der Waals surface area contributed by atoms with Gasteiger partial charge in [-0.25, -0.2) is 4.39 Å². The van der Waals surface area contributed by atoms with Crippen molar-refractivity contribution in [2.45, 2.75) is 25.3 Å². The lowest BCUT2D eigenvalue weighted by atomic mass is 9.89. The molecule has 6 nitrogen and oxygen atoms in total. The molecule has 0 radical (unpaired) electrons. The molecule has 1 heterocycles. The maximum atomic E-state index is 13.6. The van der Waals surface area contributed by atoms with Crippen LogP contribution in [-0.4, -0.2) is 81.9 Å². The van der Waals surface area contributed by atoms with Crippen LogP contribution in [0, 0.1) is 5.82 Å². The molecule has 0 unspecified atom stereocenters. The highest BCUT2D eigenvalue weighted by Gasteiger charge is 2.34. The lowest BCUT2D eigenvalue weighted by Crippen LogP contribution is -2.52. The summed E-state index contributed by atoms with van der Waals surface area (Å²) in [5.41, 5.74) is 0.0312. The number of para-hydroxylation sites is 1. The summed E-state index contributed by atoms with van der Waals surface area (Å²) in [6.45, 7) is 6.09. The van der Waals surface area contributed by atoms with Crippen LogP contribution in [0.2, 0.25) is 0 Å². The molecule has 1 N–H and O–H groups in total. The molecule has 0 aromatic heterocycles. The number of ether oxygens (including phenoxy) is 2. The van der Waals surface area contributed by atoms with Gasteiger partial charge in [0, 0.05) is 32.3 Å². The summed E-state index contributed by atoms with van der Waals surface area (Å²) in [6, 6.07) is 6.46. The molecule has 7 heteroatoms. The Morgan fingerprint density at radius 3 is 2.59 bits per heavy atom. The van der Waals surface area contributed by atoms with E-state index in [0.717, 1.165) is 38.6 Å². The minimum absolute atomic E-state index is 0.0312. The molecule has 1 aromatic rings. The molecule has 152 valence electrons. The minimum atomic E-state index is -0.340. The topological polar surface area (TPSA) is 49.3 Å². The zero-order valence-electron chi connectivity index (χ0n) is 17.0. The quantitative estimate of drug-likeness (QED) is 0.554. The number of likely N-dealkylation sites (N-methyl/N-ethyl adjacent to an activating group) is 2. The number of hydrogen-bond donors (Lipinski definition) is 1. The van der Waals surface area contributed by atoms with Gasteiger partial charge in [0.1, 0.15) is 6.61 Å². The summed E-state index contributed by atoms with van der Waals surface area (Å²) < 4.78 is 24.7. The minimum Gasteiger partial charge on any atom is -0.489 e. The Morgan fingerprint density at radius 1 is 1.26 bits per heavy atom. The summed E-state index contributed by atoms with van der Waals surface area (Å²) >= 11 is 0. The first-order chi connectivity index (χ1) is 13.0. The fourth-order valence-corrected chi connectivity index (χ4v) is 3.15. The van der Waals surface area contributed by atoms with Crippen LogP contribution in [0.3, 0.4) is 0 Å². The fraction of sp³-hybridized carbons (Fsp3) is 0.650. The number of rotatable bonds is 8. The van der Waals surface area contributed by atoms with Crippen molar-refractivity contribution in [2.75, 3.05) is 60.6 Å². The SMILES string of the molecule is CCNC(=NCC1(N(C)C)CCOCC1)N(C)CCOc1ccccc1F. The van der Waals surface area contributed by atoms with Crippen molar-refractivity contribution in [3.05, 3.63) is 30.1 Å². The molecule has 0 bridgehead atoms. The van der Waals surface area contributed by atoms with Crippen LogP contribution in [0.15, 0.2) is 29.3 Å². The Hall–Kier alpha value is -1.86. The predicted molar refractivity (Wildman–Crippen MR) is 107 cm³/mol. The zero-order valence-corrected chi connectivity index (χ0v) is 17.0. The average Bonchev–Trinajstić information content (AvgIpc) is 2.67. The third kappa shape index (κ3) is 6.07. The first kappa shape index (κ1) is 21.4. The van der Waals surface area contributed by atoms with Gasteiger partial charge in [-0.15, -0.1) is 0 Å². The van der Waals surface area contributed by atoms with Gasteiger partial charge in [0.2, 0.25) is 0 Å². The van der Waals surface area contributed by atoms with E-state index < -0.39 is 0 Å². The monoisotopic (exact) mass is 380 g/mol.